The Morgan fingerprint density at radius 3 is 3.16 bits per heavy atom. The molecule has 0 radical (unpaired) electrons. The second kappa shape index (κ2) is 7.68. The van der Waals surface area contributed by atoms with Crippen molar-refractivity contribution in [1.29, 1.82) is 0 Å². The van der Waals surface area contributed by atoms with Crippen LogP contribution in [0.3, 0.4) is 0 Å². The van der Waals surface area contributed by atoms with Gasteiger partial charge in [0.2, 0.25) is 0 Å². The molecule has 25 heavy (non-hydrogen) atoms. The highest BCUT2D eigenvalue weighted by molar-refractivity contribution is 5.07. The van der Waals surface area contributed by atoms with Crippen LogP contribution >= 0.6 is 0 Å². The topological polar surface area (TPSA) is 47.7 Å². The first kappa shape index (κ1) is 16.8. The van der Waals surface area contributed by atoms with Crippen molar-refractivity contribution in [2.24, 2.45) is 5.41 Å². The molecule has 0 saturated carbocycles. The number of ether oxygens (including phenoxy) is 2. The molecule has 4 heterocycles. The lowest BCUT2D eigenvalue weighted by atomic mass is 9.73. The van der Waals surface area contributed by atoms with Crippen LogP contribution in [0.5, 0.6) is 0 Å². The molecule has 2 saturated heterocycles. The molecular formula is C20H26N2O3. The van der Waals surface area contributed by atoms with Crippen molar-refractivity contribution >= 4 is 0 Å². The van der Waals surface area contributed by atoms with E-state index in [0.717, 1.165) is 51.4 Å². The molecule has 2 aliphatic heterocycles. The average Bonchev–Trinajstić information content (AvgIpc) is 3.15. The van der Waals surface area contributed by atoms with E-state index in [1.807, 2.05) is 36.7 Å². The first-order valence-electron chi connectivity index (χ1n) is 9.17. The maximum atomic E-state index is 6.13. The number of hydrogen-bond donors (Lipinski definition) is 0. The molecule has 2 aromatic rings. The zero-order chi connectivity index (χ0) is 17.0. The standard InChI is InChI=1S/C20H26N2O3/c1-2-8-21-18(4-1)14-24-16-20-7-3-10-25-19(20)5-9-22(15-20)12-17-6-11-23-13-17/h1-2,4,6,8,11,13,19H,3,5,7,9-10,12,14-16H2/t19-,20+/m0/s1. The van der Waals surface area contributed by atoms with Gasteiger partial charge >= 0.3 is 0 Å². The molecule has 5 nitrogen and oxygen atoms in total. The zero-order valence-electron chi connectivity index (χ0n) is 14.6. The van der Waals surface area contributed by atoms with Gasteiger partial charge in [0.25, 0.3) is 0 Å². The molecule has 5 heteroatoms. The summed E-state index contributed by atoms with van der Waals surface area (Å²) in [7, 11) is 0. The number of hydrogen-bond acceptors (Lipinski definition) is 5. The number of furan rings is 1. The van der Waals surface area contributed by atoms with E-state index in [4.69, 9.17) is 13.9 Å². The van der Waals surface area contributed by atoms with E-state index in [1.165, 1.54) is 12.0 Å². The number of fused-ring (bicyclic) bond motifs is 1. The predicted molar refractivity (Wildman–Crippen MR) is 93.9 cm³/mol. The molecule has 0 bridgehead atoms. The normalized spacial score (nSPS) is 27.1. The zero-order valence-corrected chi connectivity index (χ0v) is 14.6. The van der Waals surface area contributed by atoms with E-state index in [2.05, 4.69) is 9.88 Å². The molecule has 0 aliphatic carbocycles. The molecule has 0 N–H and O–H groups in total. The van der Waals surface area contributed by atoms with Crippen molar-refractivity contribution in [1.82, 2.24) is 9.88 Å². The molecule has 0 amide bonds. The van der Waals surface area contributed by atoms with Gasteiger partial charge in [-0.2, -0.15) is 0 Å². The second-order valence-corrected chi connectivity index (χ2v) is 7.27. The molecule has 2 atom stereocenters. The van der Waals surface area contributed by atoms with E-state index < -0.39 is 0 Å². The quantitative estimate of drug-likeness (QED) is 0.806. The molecule has 0 spiro atoms. The molecule has 0 aromatic carbocycles. The summed E-state index contributed by atoms with van der Waals surface area (Å²) in [6, 6.07) is 8.00. The summed E-state index contributed by atoms with van der Waals surface area (Å²) in [6.45, 7) is 5.20. The summed E-state index contributed by atoms with van der Waals surface area (Å²) >= 11 is 0. The summed E-state index contributed by atoms with van der Waals surface area (Å²) in [4.78, 5) is 6.86. The minimum atomic E-state index is 0.0923. The highest BCUT2D eigenvalue weighted by Crippen LogP contribution is 2.41. The third-order valence-electron chi connectivity index (χ3n) is 5.42. The van der Waals surface area contributed by atoms with Gasteiger partial charge in [-0.25, -0.2) is 0 Å². The number of pyridine rings is 1. The Hall–Kier alpha value is -1.69. The summed E-state index contributed by atoms with van der Waals surface area (Å²) in [5, 5.41) is 0. The van der Waals surface area contributed by atoms with Gasteiger partial charge in [-0.1, -0.05) is 6.07 Å². The first-order chi connectivity index (χ1) is 12.3. The molecule has 2 aliphatic rings. The minimum absolute atomic E-state index is 0.0923. The van der Waals surface area contributed by atoms with Crippen LogP contribution in [0.4, 0.5) is 0 Å². The van der Waals surface area contributed by atoms with Crippen LogP contribution in [0.25, 0.3) is 0 Å². The van der Waals surface area contributed by atoms with E-state index in [-0.39, 0.29) is 5.41 Å². The van der Waals surface area contributed by atoms with Gasteiger partial charge in [0.15, 0.2) is 0 Å². The maximum absolute atomic E-state index is 6.13. The molecule has 4 rings (SSSR count). The van der Waals surface area contributed by atoms with Crippen molar-refractivity contribution < 1.29 is 13.9 Å². The van der Waals surface area contributed by atoms with Crippen LogP contribution in [0.2, 0.25) is 0 Å². The molecule has 0 unspecified atom stereocenters. The fraction of sp³-hybridized carbons (Fsp3) is 0.550. The van der Waals surface area contributed by atoms with Crippen molar-refractivity contribution in [2.75, 3.05) is 26.3 Å². The van der Waals surface area contributed by atoms with Gasteiger partial charge in [-0.15, -0.1) is 0 Å². The SMILES string of the molecule is c1ccc(COC[C@]23CCCO[C@H]2CCN(Cc2ccoc2)C3)nc1. The summed E-state index contributed by atoms with van der Waals surface area (Å²) in [5.41, 5.74) is 2.31. The fourth-order valence-electron chi connectivity index (χ4n) is 4.21. The van der Waals surface area contributed by atoms with Crippen LogP contribution in [-0.2, 0) is 22.6 Å². The Labute approximate surface area is 148 Å². The number of nitrogens with zero attached hydrogens (tertiary/aromatic N) is 2. The molecule has 134 valence electrons. The van der Waals surface area contributed by atoms with E-state index >= 15 is 0 Å². The van der Waals surface area contributed by atoms with Gasteiger partial charge in [-0.05, 0) is 37.5 Å². The Bertz CT molecular complexity index is 646. The summed E-state index contributed by atoms with van der Waals surface area (Å²) in [5.74, 6) is 0. The third-order valence-corrected chi connectivity index (χ3v) is 5.42. The Morgan fingerprint density at radius 1 is 1.32 bits per heavy atom. The van der Waals surface area contributed by atoms with Crippen molar-refractivity contribution in [3.63, 3.8) is 0 Å². The fourth-order valence-corrected chi connectivity index (χ4v) is 4.21. The number of piperidine rings is 1. The Kier molecular flexibility index (Phi) is 5.15. The maximum Gasteiger partial charge on any atom is 0.0947 e. The van der Waals surface area contributed by atoms with Gasteiger partial charge in [0.1, 0.15) is 0 Å². The molecule has 2 aromatic heterocycles. The van der Waals surface area contributed by atoms with Crippen LogP contribution in [0, 0.1) is 5.41 Å². The smallest absolute Gasteiger partial charge is 0.0947 e. The molecular weight excluding hydrogens is 316 g/mol. The average molecular weight is 342 g/mol. The third kappa shape index (κ3) is 3.94. The highest BCUT2D eigenvalue weighted by Gasteiger charge is 2.46. The second-order valence-electron chi connectivity index (χ2n) is 7.27. The van der Waals surface area contributed by atoms with E-state index in [1.54, 1.807) is 6.26 Å². The van der Waals surface area contributed by atoms with Gasteiger partial charge in [-0.3, -0.25) is 9.88 Å². The van der Waals surface area contributed by atoms with Crippen LogP contribution in [0.1, 0.15) is 30.5 Å². The Balaban J connectivity index is 1.40. The highest BCUT2D eigenvalue weighted by atomic mass is 16.5. The lowest BCUT2D eigenvalue weighted by Gasteiger charge is -2.50. The summed E-state index contributed by atoms with van der Waals surface area (Å²) in [6.07, 6.45) is 9.07. The minimum Gasteiger partial charge on any atom is -0.472 e. The van der Waals surface area contributed by atoms with Crippen LogP contribution in [-0.4, -0.2) is 42.3 Å². The number of rotatable bonds is 6. The van der Waals surface area contributed by atoms with Crippen molar-refractivity contribution in [3.8, 4) is 0 Å². The molecule has 2 fully saturated rings. The van der Waals surface area contributed by atoms with E-state index in [9.17, 15) is 0 Å². The van der Waals surface area contributed by atoms with Gasteiger partial charge in [0, 0.05) is 43.4 Å². The largest absolute Gasteiger partial charge is 0.472 e. The monoisotopic (exact) mass is 342 g/mol. The first-order valence-corrected chi connectivity index (χ1v) is 9.17. The van der Waals surface area contributed by atoms with E-state index in [0.29, 0.717) is 12.7 Å². The Morgan fingerprint density at radius 2 is 2.32 bits per heavy atom. The van der Waals surface area contributed by atoms with Crippen molar-refractivity contribution in [2.45, 2.75) is 38.5 Å². The van der Waals surface area contributed by atoms with Gasteiger partial charge in [0.05, 0.1) is 37.5 Å². The summed E-state index contributed by atoms with van der Waals surface area (Å²) < 4.78 is 17.5. The van der Waals surface area contributed by atoms with Crippen LogP contribution in [0.15, 0.2) is 47.4 Å². The van der Waals surface area contributed by atoms with Crippen molar-refractivity contribution in [3.05, 3.63) is 54.2 Å². The number of likely N-dealkylation sites (tertiary alicyclic amines) is 1. The lowest BCUT2D eigenvalue weighted by Crippen LogP contribution is -2.56. The van der Waals surface area contributed by atoms with Gasteiger partial charge < -0.3 is 13.9 Å². The predicted octanol–water partition coefficient (Wildman–Crippen LogP) is 3.26. The van der Waals surface area contributed by atoms with Crippen LogP contribution < -0.4 is 0 Å². The lowest BCUT2D eigenvalue weighted by molar-refractivity contribution is -0.156. The number of aromatic nitrogens is 1.